The molecule has 1 amide bonds. The minimum Gasteiger partial charge on any atom is -0.376 e. The Kier molecular flexibility index (Phi) is 4.10. The molecule has 2 heterocycles. The first kappa shape index (κ1) is 15.3. The fraction of sp³-hybridized carbons (Fsp3) is 0.818. The fourth-order valence-corrected chi connectivity index (χ4v) is 3.82. The zero-order valence-corrected chi connectivity index (χ0v) is 12.9. The van der Waals surface area contributed by atoms with Crippen LogP contribution in [0.15, 0.2) is 6.33 Å². The molecule has 0 radical (unpaired) electrons. The quantitative estimate of drug-likeness (QED) is 0.610. The van der Waals surface area contributed by atoms with Gasteiger partial charge < -0.3 is 10.1 Å². The van der Waals surface area contributed by atoms with Crippen molar-refractivity contribution in [3.05, 3.63) is 6.33 Å². The van der Waals surface area contributed by atoms with Crippen LogP contribution >= 0.6 is 0 Å². The molecule has 0 bridgehead atoms. The molecule has 1 aromatic heterocycles. The molecule has 122 valence electrons. The molecule has 1 saturated heterocycles. The number of tetrazole rings is 1. The Morgan fingerprint density at radius 1 is 1.45 bits per heavy atom. The topological polar surface area (TPSA) is 128 Å². The molecule has 4 atom stereocenters. The molecular formula is C11H18N6O4S. The highest BCUT2D eigenvalue weighted by molar-refractivity contribution is 7.88. The van der Waals surface area contributed by atoms with Crippen molar-refractivity contribution in [1.82, 2.24) is 30.2 Å². The van der Waals surface area contributed by atoms with Crippen molar-refractivity contribution in [3.63, 3.8) is 0 Å². The van der Waals surface area contributed by atoms with Gasteiger partial charge in [-0.2, -0.15) is 0 Å². The molecule has 10 nitrogen and oxygen atoms in total. The van der Waals surface area contributed by atoms with E-state index in [0.717, 1.165) is 12.7 Å². The number of aryl methyl sites for hydroxylation is 1. The van der Waals surface area contributed by atoms with Gasteiger partial charge in [-0.1, -0.05) is 0 Å². The van der Waals surface area contributed by atoms with Crippen LogP contribution in [-0.2, 0) is 26.1 Å². The van der Waals surface area contributed by atoms with Gasteiger partial charge in [0.15, 0.2) is 0 Å². The van der Waals surface area contributed by atoms with Gasteiger partial charge in [-0.25, -0.2) is 17.8 Å². The number of carbonyl (C=O) groups is 1. The van der Waals surface area contributed by atoms with E-state index in [9.17, 15) is 13.2 Å². The van der Waals surface area contributed by atoms with Gasteiger partial charge in [-0.15, -0.1) is 5.10 Å². The van der Waals surface area contributed by atoms with Gasteiger partial charge >= 0.3 is 0 Å². The number of ether oxygens (including phenoxy) is 1. The van der Waals surface area contributed by atoms with E-state index in [-0.39, 0.29) is 30.4 Å². The summed E-state index contributed by atoms with van der Waals surface area (Å²) >= 11 is 0. The first-order valence-electron chi connectivity index (χ1n) is 7.03. The van der Waals surface area contributed by atoms with Crippen molar-refractivity contribution in [2.24, 2.45) is 5.92 Å². The van der Waals surface area contributed by atoms with Crippen LogP contribution in [-0.4, -0.2) is 65.6 Å². The summed E-state index contributed by atoms with van der Waals surface area (Å²) in [5.41, 5.74) is 0. The van der Waals surface area contributed by atoms with Crippen LogP contribution in [0.5, 0.6) is 0 Å². The second-order valence-corrected chi connectivity index (χ2v) is 7.40. The zero-order valence-electron chi connectivity index (χ0n) is 12.0. The maximum atomic E-state index is 12.0. The lowest BCUT2D eigenvalue weighted by molar-refractivity contribution is -0.125. The van der Waals surface area contributed by atoms with Crippen LogP contribution < -0.4 is 10.0 Å². The Labute approximate surface area is 127 Å². The summed E-state index contributed by atoms with van der Waals surface area (Å²) in [6.45, 7) is 0.967. The second kappa shape index (κ2) is 5.89. The summed E-state index contributed by atoms with van der Waals surface area (Å²) in [7, 11) is -3.35. The highest BCUT2D eigenvalue weighted by Gasteiger charge is 2.55. The van der Waals surface area contributed by atoms with Gasteiger partial charge in [0.05, 0.1) is 31.0 Å². The van der Waals surface area contributed by atoms with Crippen molar-refractivity contribution in [1.29, 1.82) is 0 Å². The first-order valence-corrected chi connectivity index (χ1v) is 8.92. The van der Waals surface area contributed by atoms with Crippen LogP contribution in [0.3, 0.4) is 0 Å². The van der Waals surface area contributed by atoms with E-state index >= 15 is 0 Å². The molecule has 3 rings (SSSR count). The number of nitrogens with one attached hydrogen (secondary N) is 2. The third-order valence-electron chi connectivity index (χ3n) is 4.02. The lowest BCUT2D eigenvalue weighted by Gasteiger charge is -2.47. The standard InChI is InChI=1S/C11H18N6O4S/c1-22(19,20)14-10-9(7-3-5-21-11(7)10)13-8(18)2-4-17-6-12-15-16-17/h6-7,9-11,14H,2-5H2,1H3,(H,13,18)/t7-,9+,10-,11-/m1/s1. The monoisotopic (exact) mass is 330 g/mol. The van der Waals surface area contributed by atoms with Gasteiger partial charge in [0.2, 0.25) is 15.9 Å². The van der Waals surface area contributed by atoms with Gasteiger partial charge in [0.1, 0.15) is 6.33 Å². The summed E-state index contributed by atoms with van der Waals surface area (Å²) in [6, 6.07) is -0.636. The third kappa shape index (κ3) is 3.25. The van der Waals surface area contributed by atoms with E-state index in [1.165, 1.54) is 11.0 Å². The highest BCUT2D eigenvalue weighted by atomic mass is 32.2. The van der Waals surface area contributed by atoms with Gasteiger partial charge in [-0.05, 0) is 16.8 Å². The van der Waals surface area contributed by atoms with Crippen LogP contribution in [0, 0.1) is 5.92 Å². The molecule has 2 N–H and O–H groups in total. The van der Waals surface area contributed by atoms with Gasteiger partial charge in [-0.3, -0.25) is 4.79 Å². The number of amides is 1. The molecular weight excluding hydrogens is 312 g/mol. The summed E-state index contributed by atoms with van der Waals surface area (Å²) in [5, 5.41) is 13.6. The number of hydrogen-bond donors (Lipinski definition) is 2. The summed E-state index contributed by atoms with van der Waals surface area (Å²) in [5.74, 6) is 0.00221. The minimum absolute atomic E-state index is 0.153. The molecule has 0 aromatic carbocycles. The second-order valence-electron chi connectivity index (χ2n) is 5.62. The number of carbonyl (C=O) groups excluding carboxylic acids is 1. The van der Waals surface area contributed by atoms with Gasteiger partial charge in [0.25, 0.3) is 0 Å². The molecule has 0 unspecified atom stereocenters. The van der Waals surface area contributed by atoms with Crippen molar-refractivity contribution < 1.29 is 17.9 Å². The molecule has 1 saturated carbocycles. The van der Waals surface area contributed by atoms with Crippen molar-refractivity contribution in [2.75, 3.05) is 12.9 Å². The lowest BCUT2D eigenvalue weighted by Crippen LogP contribution is -2.70. The SMILES string of the molecule is CS(=O)(=O)N[C@@H]1[C@@H](NC(=O)CCn2cnnn2)[C@H]2CCO[C@H]21. The van der Waals surface area contributed by atoms with Crippen molar-refractivity contribution >= 4 is 15.9 Å². The summed E-state index contributed by atoms with van der Waals surface area (Å²) in [6.07, 6.45) is 3.44. The average Bonchev–Trinajstić information content (AvgIpc) is 3.09. The van der Waals surface area contributed by atoms with Crippen LogP contribution in [0.2, 0.25) is 0 Å². The number of fused-ring (bicyclic) bond motifs is 1. The molecule has 1 aliphatic carbocycles. The van der Waals surface area contributed by atoms with E-state index in [4.69, 9.17) is 4.74 Å². The molecule has 0 spiro atoms. The Morgan fingerprint density at radius 3 is 2.95 bits per heavy atom. The van der Waals surface area contributed by atoms with E-state index in [1.807, 2.05) is 0 Å². The normalized spacial score (nSPS) is 30.6. The Bertz CT molecular complexity index is 633. The first-order chi connectivity index (χ1) is 10.4. The molecule has 22 heavy (non-hydrogen) atoms. The van der Waals surface area contributed by atoms with Crippen molar-refractivity contribution in [3.8, 4) is 0 Å². The van der Waals surface area contributed by atoms with E-state index in [2.05, 4.69) is 25.6 Å². The Morgan fingerprint density at radius 2 is 2.27 bits per heavy atom. The summed E-state index contributed by atoms with van der Waals surface area (Å²) < 4.78 is 32.4. The minimum atomic E-state index is -3.35. The van der Waals surface area contributed by atoms with Gasteiger partial charge in [0, 0.05) is 18.9 Å². The van der Waals surface area contributed by atoms with Crippen LogP contribution in [0.4, 0.5) is 0 Å². The van der Waals surface area contributed by atoms with E-state index < -0.39 is 16.1 Å². The highest BCUT2D eigenvalue weighted by Crippen LogP contribution is 2.39. The largest absolute Gasteiger partial charge is 0.376 e. The number of nitrogens with zero attached hydrogens (tertiary/aromatic N) is 4. The third-order valence-corrected chi connectivity index (χ3v) is 4.72. The average molecular weight is 330 g/mol. The number of sulfonamides is 1. The molecule has 2 fully saturated rings. The summed E-state index contributed by atoms with van der Waals surface area (Å²) in [4.78, 5) is 12.0. The van der Waals surface area contributed by atoms with E-state index in [1.54, 1.807) is 0 Å². The maximum Gasteiger partial charge on any atom is 0.222 e. The smallest absolute Gasteiger partial charge is 0.222 e. The zero-order chi connectivity index (χ0) is 15.7. The fourth-order valence-electron chi connectivity index (χ4n) is 3.05. The molecule has 1 aliphatic heterocycles. The molecule has 11 heteroatoms. The van der Waals surface area contributed by atoms with Crippen molar-refractivity contribution in [2.45, 2.75) is 37.6 Å². The lowest BCUT2D eigenvalue weighted by atomic mass is 9.72. The van der Waals surface area contributed by atoms with Crippen LogP contribution in [0.1, 0.15) is 12.8 Å². The molecule has 1 aromatic rings. The number of hydrogen-bond acceptors (Lipinski definition) is 7. The predicted molar refractivity (Wildman–Crippen MR) is 74.0 cm³/mol. The maximum absolute atomic E-state index is 12.0. The Balaban J connectivity index is 1.56. The molecule has 2 aliphatic rings. The van der Waals surface area contributed by atoms with Crippen LogP contribution in [0.25, 0.3) is 0 Å². The number of rotatable bonds is 6. The number of aromatic nitrogens is 4. The Hall–Kier alpha value is -1.59. The van der Waals surface area contributed by atoms with E-state index in [0.29, 0.717) is 13.2 Å². The predicted octanol–water partition coefficient (Wildman–Crippen LogP) is -2.12.